The van der Waals surface area contributed by atoms with Crippen molar-refractivity contribution < 1.29 is 13.9 Å². The summed E-state index contributed by atoms with van der Waals surface area (Å²) in [6.07, 6.45) is 1.42. The van der Waals surface area contributed by atoms with E-state index in [4.69, 9.17) is 36.8 Å². The number of aromatic nitrogens is 2. The molecule has 0 fully saturated rings. The predicted molar refractivity (Wildman–Crippen MR) is 104 cm³/mol. The van der Waals surface area contributed by atoms with Gasteiger partial charge in [0.25, 0.3) is 5.56 Å². The van der Waals surface area contributed by atoms with Crippen LogP contribution in [0.4, 0.5) is 4.39 Å². The molecule has 0 aliphatic heterocycles. The number of hydrogen-bond donors (Lipinski definition) is 0. The maximum Gasteiger partial charge on any atom is 0.289 e. The number of alkyl halides is 1. The van der Waals surface area contributed by atoms with Crippen LogP contribution in [0.2, 0.25) is 5.02 Å². The standard InChI is InChI=1S/C18H20B2ClFN2O3/c1-17(2,3)24-16(25)15(21)14(10-23-24)26-11-12-4-6-13(7-5-12)18(19,20)27-9-8-22/h4-7,10H,8-9,11H2,1-3H3. The molecule has 9 heteroatoms. The lowest BCUT2D eigenvalue weighted by atomic mass is 9.61. The lowest BCUT2D eigenvalue weighted by molar-refractivity contribution is 0.0649. The van der Waals surface area contributed by atoms with Crippen LogP contribution < -0.4 is 10.3 Å². The molecule has 2 aromatic rings. The molecular formula is C18H20B2ClFN2O3. The molecule has 5 nitrogen and oxygen atoms in total. The highest BCUT2D eigenvalue weighted by Gasteiger charge is 2.21. The summed E-state index contributed by atoms with van der Waals surface area (Å²) in [7, 11) is 11.6. The van der Waals surface area contributed by atoms with Crippen LogP contribution in [-0.2, 0) is 22.3 Å². The molecule has 0 amide bonds. The summed E-state index contributed by atoms with van der Waals surface area (Å²) >= 11 is 6.13. The van der Waals surface area contributed by atoms with Gasteiger partial charge in [0, 0.05) is 5.40 Å². The Morgan fingerprint density at radius 3 is 2.41 bits per heavy atom. The summed E-state index contributed by atoms with van der Waals surface area (Å²) in [6, 6.07) is 6.80. The number of halogens is 2. The molecule has 4 radical (unpaired) electrons. The molecule has 0 unspecified atom stereocenters. The highest BCUT2D eigenvalue weighted by atomic mass is 35.5. The normalized spacial score (nSPS) is 12.2. The SMILES string of the molecule is [B]C([B])(OCCF)c1ccc(COc2cnn(C(C)(C)C)c(=O)c2Cl)cc1. The van der Waals surface area contributed by atoms with E-state index in [-0.39, 0.29) is 24.0 Å². The van der Waals surface area contributed by atoms with Gasteiger partial charge in [-0.1, -0.05) is 35.9 Å². The second-order valence-electron chi connectivity index (χ2n) is 7.03. The minimum atomic E-state index is -1.57. The van der Waals surface area contributed by atoms with E-state index in [2.05, 4.69) is 5.10 Å². The first-order valence-electron chi connectivity index (χ1n) is 8.34. The summed E-state index contributed by atoms with van der Waals surface area (Å²) < 4.78 is 24.2. The van der Waals surface area contributed by atoms with E-state index in [0.29, 0.717) is 5.56 Å². The zero-order chi connectivity index (χ0) is 20.2. The molecule has 1 heterocycles. The minimum absolute atomic E-state index is 0.0286. The van der Waals surface area contributed by atoms with Crippen LogP contribution in [-0.4, -0.2) is 38.8 Å². The van der Waals surface area contributed by atoms with E-state index < -0.39 is 23.2 Å². The van der Waals surface area contributed by atoms with E-state index in [1.807, 2.05) is 20.8 Å². The molecule has 0 N–H and O–H groups in total. The first kappa shape index (κ1) is 21.5. The Labute approximate surface area is 165 Å². The Morgan fingerprint density at radius 2 is 1.85 bits per heavy atom. The second-order valence-corrected chi connectivity index (χ2v) is 7.40. The van der Waals surface area contributed by atoms with Crippen LogP contribution in [0.5, 0.6) is 5.75 Å². The van der Waals surface area contributed by atoms with Crippen LogP contribution in [0.3, 0.4) is 0 Å². The van der Waals surface area contributed by atoms with Gasteiger partial charge in [-0.15, -0.1) is 0 Å². The van der Waals surface area contributed by atoms with Crippen molar-refractivity contribution in [2.75, 3.05) is 13.3 Å². The maximum atomic E-state index is 12.3. The molecule has 1 aromatic carbocycles. The summed E-state index contributed by atoms with van der Waals surface area (Å²) in [4.78, 5) is 12.3. The zero-order valence-corrected chi connectivity index (χ0v) is 16.3. The number of rotatable bonds is 7. The predicted octanol–water partition coefficient (Wildman–Crippen LogP) is 2.66. The third kappa shape index (κ3) is 5.36. The Hall–Kier alpha value is -1.79. The first-order valence-corrected chi connectivity index (χ1v) is 8.72. The van der Waals surface area contributed by atoms with Crippen molar-refractivity contribution in [3.8, 4) is 5.75 Å². The number of benzene rings is 1. The third-order valence-electron chi connectivity index (χ3n) is 3.74. The van der Waals surface area contributed by atoms with E-state index in [1.54, 1.807) is 24.3 Å². The van der Waals surface area contributed by atoms with Gasteiger partial charge in [-0.25, -0.2) is 9.07 Å². The molecule has 0 bridgehead atoms. The van der Waals surface area contributed by atoms with Crippen LogP contribution in [0, 0.1) is 0 Å². The molecule has 0 aliphatic carbocycles. The number of ether oxygens (including phenoxy) is 2. The maximum absolute atomic E-state index is 12.3. The number of hydrogen-bond acceptors (Lipinski definition) is 4. The summed E-state index contributed by atoms with van der Waals surface area (Å²) in [5, 5.41) is 2.51. The summed E-state index contributed by atoms with van der Waals surface area (Å²) in [5.41, 5.74) is 0.373. The average Bonchev–Trinajstić information content (AvgIpc) is 2.60. The van der Waals surface area contributed by atoms with Gasteiger partial charge < -0.3 is 9.47 Å². The molecule has 27 heavy (non-hydrogen) atoms. The van der Waals surface area contributed by atoms with Gasteiger partial charge in [0.2, 0.25) is 0 Å². The minimum Gasteiger partial charge on any atom is -0.485 e. The van der Waals surface area contributed by atoms with Gasteiger partial charge in [-0.2, -0.15) is 5.10 Å². The van der Waals surface area contributed by atoms with Crippen molar-refractivity contribution in [3.63, 3.8) is 0 Å². The van der Waals surface area contributed by atoms with Gasteiger partial charge in [0.15, 0.2) is 10.8 Å². The quantitative estimate of drug-likeness (QED) is 0.685. The van der Waals surface area contributed by atoms with Crippen molar-refractivity contribution in [1.29, 1.82) is 0 Å². The monoisotopic (exact) mass is 388 g/mol. The Morgan fingerprint density at radius 1 is 1.22 bits per heavy atom. The van der Waals surface area contributed by atoms with Crippen molar-refractivity contribution in [2.24, 2.45) is 0 Å². The first-order chi connectivity index (χ1) is 12.6. The molecule has 0 aliphatic rings. The van der Waals surface area contributed by atoms with Gasteiger partial charge in [-0.05, 0) is 31.9 Å². The molecule has 2 rings (SSSR count). The van der Waals surface area contributed by atoms with Crippen LogP contribution in [0.15, 0.2) is 35.3 Å². The summed E-state index contributed by atoms with van der Waals surface area (Å²) in [6.45, 7) is 4.85. The van der Waals surface area contributed by atoms with Crippen LogP contribution >= 0.6 is 11.6 Å². The molecule has 1 aromatic heterocycles. The van der Waals surface area contributed by atoms with E-state index in [1.165, 1.54) is 10.9 Å². The van der Waals surface area contributed by atoms with Crippen LogP contribution in [0.1, 0.15) is 31.9 Å². The lowest BCUT2D eigenvalue weighted by Gasteiger charge is -2.27. The van der Waals surface area contributed by atoms with Crippen LogP contribution in [0.25, 0.3) is 0 Å². The van der Waals surface area contributed by atoms with Crippen molar-refractivity contribution in [2.45, 2.75) is 38.3 Å². The largest absolute Gasteiger partial charge is 0.485 e. The van der Waals surface area contributed by atoms with E-state index in [0.717, 1.165) is 5.56 Å². The Bertz CT molecular complexity index is 836. The molecule has 140 valence electrons. The highest BCUT2D eigenvalue weighted by molar-refractivity contribution is 6.38. The average molecular weight is 388 g/mol. The number of nitrogens with zero attached hydrogens (tertiary/aromatic N) is 2. The van der Waals surface area contributed by atoms with E-state index >= 15 is 0 Å². The molecular weight excluding hydrogens is 368 g/mol. The Kier molecular flexibility index (Phi) is 6.76. The topological polar surface area (TPSA) is 53.4 Å². The van der Waals surface area contributed by atoms with Gasteiger partial charge in [0.05, 0.1) is 18.3 Å². The summed E-state index contributed by atoms with van der Waals surface area (Å²) in [5.74, 6) is 0.199. The second kappa shape index (κ2) is 8.48. The third-order valence-corrected chi connectivity index (χ3v) is 4.09. The fourth-order valence-electron chi connectivity index (χ4n) is 2.31. The van der Waals surface area contributed by atoms with Gasteiger partial charge >= 0.3 is 0 Å². The Balaban J connectivity index is 2.09. The van der Waals surface area contributed by atoms with Gasteiger partial charge in [0.1, 0.15) is 29.0 Å². The van der Waals surface area contributed by atoms with Crippen molar-refractivity contribution >= 4 is 27.3 Å². The lowest BCUT2D eigenvalue weighted by Crippen LogP contribution is -2.36. The molecule has 0 spiro atoms. The fraction of sp³-hybridized carbons (Fsp3) is 0.444. The van der Waals surface area contributed by atoms with E-state index in [9.17, 15) is 9.18 Å². The van der Waals surface area contributed by atoms with Crippen molar-refractivity contribution in [1.82, 2.24) is 9.78 Å². The molecule has 0 saturated carbocycles. The molecule has 0 saturated heterocycles. The highest BCUT2D eigenvalue weighted by Crippen LogP contribution is 2.23. The smallest absolute Gasteiger partial charge is 0.289 e. The zero-order valence-electron chi connectivity index (χ0n) is 15.5. The van der Waals surface area contributed by atoms with Gasteiger partial charge in [-0.3, -0.25) is 4.79 Å². The fourth-order valence-corrected chi connectivity index (χ4v) is 2.49. The molecule has 0 atom stereocenters. The van der Waals surface area contributed by atoms with Crippen molar-refractivity contribution in [3.05, 3.63) is 57.0 Å².